The van der Waals surface area contributed by atoms with Gasteiger partial charge in [-0.3, -0.25) is 0 Å². The number of carbonyl (C=O) groups excluding carboxylic acids is 1. The SMILES string of the molecule is CCCc1nc2c(C)cc(-c3cn(CC4CC4)cn3)cc2n1Cc1ccc(-c2ccccc2C(=O)OC(C)(C)C)cc1. The van der Waals surface area contributed by atoms with Gasteiger partial charge in [0.05, 0.1) is 28.6 Å². The Labute approximate surface area is 248 Å². The van der Waals surface area contributed by atoms with E-state index in [-0.39, 0.29) is 5.97 Å². The van der Waals surface area contributed by atoms with Crippen LogP contribution in [0.15, 0.2) is 73.2 Å². The van der Waals surface area contributed by atoms with E-state index in [0.29, 0.717) is 5.56 Å². The molecule has 6 nitrogen and oxygen atoms in total. The van der Waals surface area contributed by atoms with E-state index in [1.54, 1.807) is 0 Å². The molecule has 5 aromatic rings. The summed E-state index contributed by atoms with van der Waals surface area (Å²) in [6, 6.07) is 20.6. The molecule has 216 valence electrons. The lowest BCUT2D eigenvalue weighted by atomic mass is 9.98. The van der Waals surface area contributed by atoms with Gasteiger partial charge in [-0.05, 0) is 93.3 Å². The van der Waals surface area contributed by atoms with Crippen LogP contribution in [0.3, 0.4) is 0 Å². The highest BCUT2D eigenvalue weighted by molar-refractivity contribution is 5.97. The van der Waals surface area contributed by atoms with Crippen molar-refractivity contribution in [1.82, 2.24) is 19.1 Å². The van der Waals surface area contributed by atoms with Crippen molar-refractivity contribution >= 4 is 17.0 Å². The van der Waals surface area contributed by atoms with Gasteiger partial charge in [-0.1, -0.05) is 49.4 Å². The van der Waals surface area contributed by atoms with Crippen molar-refractivity contribution in [2.45, 2.75) is 79.0 Å². The first-order valence-electron chi connectivity index (χ1n) is 15.1. The number of fused-ring (bicyclic) bond motifs is 1. The first kappa shape index (κ1) is 28.0. The highest BCUT2D eigenvalue weighted by Gasteiger charge is 2.23. The van der Waals surface area contributed by atoms with E-state index in [9.17, 15) is 4.79 Å². The lowest BCUT2D eigenvalue weighted by molar-refractivity contribution is 0.00704. The molecule has 0 bridgehead atoms. The molecule has 2 heterocycles. The highest BCUT2D eigenvalue weighted by Crippen LogP contribution is 2.33. The molecule has 1 aliphatic carbocycles. The maximum absolute atomic E-state index is 12.9. The van der Waals surface area contributed by atoms with Crippen LogP contribution in [0.5, 0.6) is 0 Å². The second-order valence-electron chi connectivity index (χ2n) is 12.7. The standard InChI is InChI=1S/C36H40N4O2/c1-6-9-33-38-34-24(2)18-28(31-22-39(23-37-31)20-25-12-13-25)19-32(34)40(33)21-26-14-16-27(17-15-26)29-10-7-8-11-30(29)35(41)42-36(3,4)5/h7-8,10-11,14-19,22-23,25H,6,9,12-13,20-21H2,1-5H3. The van der Waals surface area contributed by atoms with Crippen molar-refractivity contribution in [3.05, 3.63) is 95.7 Å². The largest absolute Gasteiger partial charge is 0.456 e. The van der Waals surface area contributed by atoms with Gasteiger partial charge >= 0.3 is 5.97 Å². The number of aromatic nitrogens is 4. The number of benzene rings is 3. The maximum Gasteiger partial charge on any atom is 0.339 e. The Morgan fingerprint density at radius 2 is 1.79 bits per heavy atom. The number of ether oxygens (including phenoxy) is 1. The summed E-state index contributed by atoms with van der Waals surface area (Å²) in [6.07, 6.45) is 8.75. The number of aryl methyl sites for hydroxylation is 2. The Hall–Kier alpha value is -4.19. The molecule has 1 fully saturated rings. The molecule has 0 N–H and O–H groups in total. The lowest BCUT2D eigenvalue weighted by Crippen LogP contribution is -2.24. The van der Waals surface area contributed by atoms with Crippen LogP contribution in [0.2, 0.25) is 0 Å². The molecule has 0 radical (unpaired) electrons. The zero-order valence-corrected chi connectivity index (χ0v) is 25.4. The fourth-order valence-electron chi connectivity index (χ4n) is 5.61. The lowest BCUT2D eigenvalue weighted by Gasteiger charge is -2.20. The van der Waals surface area contributed by atoms with Crippen LogP contribution < -0.4 is 0 Å². The van der Waals surface area contributed by atoms with E-state index in [4.69, 9.17) is 14.7 Å². The molecule has 0 atom stereocenters. The molecule has 42 heavy (non-hydrogen) atoms. The molecular weight excluding hydrogens is 520 g/mol. The molecule has 6 heteroatoms. The van der Waals surface area contributed by atoms with Crippen molar-refractivity contribution in [2.75, 3.05) is 0 Å². The molecule has 0 amide bonds. The van der Waals surface area contributed by atoms with Crippen LogP contribution in [-0.2, 0) is 24.2 Å². The predicted octanol–water partition coefficient (Wildman–Crippen LogP) is 8.24. The number of carbonyl (C=O) groups is 1. The smallest absolute Gasteiger partial charge is 0.339 e. The topological polar surface area (TPSA) is 61.9 Å². The van der Waals surface area contributed by atoms with Crippen LogP contribution in [-0.4, -0.2) is 30.7 Å². The molecule has 1 aliphatic rings. The van der Waals surface area contributed by atoms with Crippen LogP contribution in [0.25, 0.3) is 33.4 Å². The summed E-state index contributed by atoms with van der Waals surface area (Å²) in [5, 5.41) is 0. The van der Waals surface area contributed by atoms with Crippen LogP contribution in [0.1, 0.15) is 74.3 Å². The van der Waals surface area contributed by atoms with E-state index < -0.39 is 5.60 Å². The number of rotatable bonds is 9. The Kier molecular flexibility index (Phi) is 7.48. The van der Waals surface area contributed by atoms with Crippen molar-refractivity contribution < 1.29 is 9.53 Å². The number of imidazole rings is 2. The fourth-order valence-corrected chi connectivity index (χ4v) is 5.61. The van der Waals surface area contributed by atoms with E-state index >= 15 is 0 Å². The molecule has 0 unspecified atom stereocenters. The van der Waals surface area contributed by atoms with Gasteiger partial charge in [0.2, 0.25) is 0 Å². The zero-order chi connectivity index (χ0) is 29.4. The first-order chi connectivity index (χ1) is 20.2. The van der Waals surface area contributed by atoms with Crippen molar-refractivity contribution in [2.24, 2.45) is 5.92 Å². The molecule has 0 aliphatic heterocycles. The summed E-state index contributed by atoms with van der Waals surface area (Å²) in [4.78, 5) is 22.8. The Bertz CT molecular complexity index is 1730. The first-order valence-corrected chi connectivity index (χ1v) is 15.1. The summed E-state index contributed by atoms with van der Waals surface area (Å²) >= 11 is 0. The van der Waals surface area contributed by atoms with E-state index in [1.165, 1.54) is 24.0 Å². The van der Waals surface area contributed by atoms with Gasteiger partial charge in [-0.25, -0.2) is 14.8 Å². The third-order valence-electron chi connectivity index (χ3n) is 7.84. The predicted molar refractivity (Wildman–Crippen MR) is 169 cm³/mol. The molecular formula is C36H40N4O2. The van der Waals surface area contributed by atoms with E-state index in [2.05, 4.69) is 65.6 Å². The minimum absolute atomic E-state index is 0.306. The van der Waals surface area contributed by atoms with Gasteiger partial charge in [0.1, 0.15) is 11.4 Å². The molecule has 2 aromatic heterocycles. The van der Waals surface area contributed by atoms with Crippen LogP contribution in [0, 0.1) is 12.8 Å². The fraction of sp³-hybridized carbons (Fsp3) is 0.361. The van der Waals surface area contributed by atoms with Crippen LogP contribution >= 0.6 is 0 Å². The Balaban J connectivity index is 1.31. The number of esters is 1. The molecule has 3 aromatic carbocycles. The van der Waals surface area contributed by atoms with E-state index in [1.807, 2.05) is 51.4 Å². The summed E-state index contributed by atoms with van der Waals surface area (Å²) in [5.74, 6) is 1.61. The number of hydrogen-bond acceptors (Lipinski definition) is 4. The summed E-state index contributed by atoms with van der Waals surface area (Å²) in [7, 11) is 0. The van der Waals surface area contributed by atoms with Gasteiger partial charge in [0, 0.05) is 31.3 Å². The van der Waals surface area contributed by atoms with Gasteiger partial charge < -0.3 is 13.9 Å². The molecule has 0 saturated heterocycles. The van der Waals surface area contributed by atoms with Gasteiger partial charge in [-0.15, -0.1) is 0 Å². The quantitative estimate of drug-likeness (QED) is 0.170. The van der Waals surface area contributed by atoms with Gasteiger partial charge in [-0.2, -0.15) is 0 Å². The summed E-state index contributed by atoms with van der Waals surface area (Å²) < 4.78 is 10.3. The van der Waals surface area contributed by atoms with Crippen LogP contribution in [0.4, 0.5) is 0 Å². The average Bonchev–Trinajstić information content (AvgIpc) is 3.53. The van der Waals surface area contributed by atoms with E-state index in [0.717, 1.165) is 71.1 Å². The Morgan fingerprint density at radius 1 is 1.02 bits per heavy atom. The zero-order valence-electron chi connectivity index (χ0n) is 25.4. The Morgan fingerprint density at radius 3 is 2.50 bits per heavy atom. The van der Waals surface area contributed by atoms with Crippen molar-refractivity contribution in [3.8, 4) is 22.4 Å². The molecule has 1 saturated carbocycles. The van der Waals surface area contributed by atoms with Gasteiger partial charge in [0.25, 0.3) is 0 Å². The molecule has 6 rings (SSSR count). The molecule has 0 spiro atoms. The van der Waals surface area contributed by atoms with Gasteiger partial charge in [0.15, 0.2) is 0 Å². The second-order valence-corrected chi connectivity index (χ2v) is 12.7. The average molecular weight is 561 g/mol. The van der Waals surface area contributed by atoms with Crippen molar-refractivity contribution in [3.63, 3.8) is 0 Å². The summed E-state index contributed by atoms with van der Waals surface area (Å²) in [5.41, 5.74) is 8.59. The number of hydrogen-bond donors (Lipinski definition) is 0. The maximum atomic E-state index is 12.9. The van der Waals surface area contributed by atoms with Crippen molar-refractivity contribution in [1.29, 1.82) is 0 Å². The second kappa shape index (κ2) is 11.2. The summed E-state index contributed by atoms with van der Waals surface area (Å²) in [6.45, 7) is 11.8. The highest BCUT2D eigenvalue weighted by atomic mass is 16.6. The third-order valence-corrected chi connectivity index (χ3v) is 7.84. The minimum Gasteiger partial charge on any atom is -0.456 e. The normalized spacial score (nSPS) is 13.5. The monoisotopic (exact) mass is 560 g/mol. The number of nitrogens with zero attached hydrogens (tertiary/aromatic N) is 4. The third kappa shape index (κ3) is 6.03. The minimum atomic E-state index is -0.549.